The van der Waals surface area contributed by atoms with Gasteiger partial charge in [-0.1, -0.05) is 27.6 Å². The molecule has 1 N–H and O–H groups in total. The van der Waals surface area contributed by atoms with Crippen LogP contribution in [0, 0.1) is 29.6 Å². The minimum absolute atomic E-state index is 0.0139. The van der Waals surface area contributed by atoms with E-state index in [0.717, 1.165) is 47.6 Å². The van der Waals surface area contributed by atoms with Crippen LogP contribution in [0.1, 0.15) is 24.3 Å². The second-order valence-corrected chi connectivity index (χ2v) is 15.4. The molecule has 6 atom stereocenters. The zero-order valence-corrected chi connectivity index (χ0v) is 30.1. The number of imide groups is 2. The Morgan fingerprint density at radius 2 is 1.10 bits per heavy atom. The third-order valence-corrected chi connectivity index (χ3v) is 12.4. The smallest absolute Gasteiger partial charge is 0.238 e. The monoisotopic (exact) mass is 766 g/mol. The topological polar surface area (TPSA) is 120 Å². The Hall–Kier alpha value is -4.52. The molecule has 6 aliphatic rings. The zero-order valence-electron chi connectivity index (χ0n) is 28.5. The molecule has 0 aromatic heterocycles. The van der Waals surface area contributed by atoms with Crippen molar-refractivity contribution < 1.29 is 33.8 Å². The number of hydrogen-bond donors (Lipinski definition) is 1. The van der Waals surface area contributed by atoms with Gasteiger partial charge in [-0.3, -0.25) is 29.0 Å². The van der Waals surface area contributed by atoms with Crippen LogP contribution in [-0.4, -0.2) is 81.3 Å². The first-order valence-corrected chi connectivity index (χ1v) is 18.9. The molecule has 3 aromatic rings. The fourth-order valence-electron chi connectivity index (χ4n) is 9.49. The molecule has 0 unspecified atom stereocenters. The van der Waals surface area contributed by atoms with Crippen molar-refractivity contribution in [3.8, 4) is 5.75 Å². The number of amides is 4. The van der Waals surface area contributed by atoms with Gasteiger partial charge in [-0.15, -0.1) is 0 Å². The van der Waals surface area contributed by atoms with Gasteiger partial charge < -0.3 is 24.4 Å². The fourth-order valence-corrected chi connectivity index (χ4v) is 9.87. The van der Waals surface area contributed by atoms with Crippen molar-refractivity contribution in [1.29, 1.82) is 0 Å². The molecule has 4 amide bonds. The van der Waals surface area contributed by atoms with Gasteiger partial charge in [0.25, 0.3) is 0 Å². The molecule has 5 fully saturated rings. The number of nitrogens with zero attached hydrogens (tertiary/aromatic N) is 4. The summed E-state index contributed by atoms with van der Waals surface area (Å²) in [4.78, 5) is 64.5. The SMILES string of the molecule is O=C1[C@H]2[C@H](CC=C3[C@H]2C[C@H]2C(=O)N(c4ccc(N5CCOCC5)cc4)C(=O)[C@H]2[C@H]3c2cc(Br)ccc2O)C(=O)N1c1ccc(N2CCOCC2)cc1. The number of anilines is 4. The van der Waals surface area contributed by atoms with Crippen LogP contribution in [0.4, 0.5) is 22.7 Å². The van der Waals surface area contributed by atoms with E-state index in [2.05, 4.69) is 25.7 Å². The lowest BCUT2D eigenvalue weighted by Gasteiger charge is -2.44. The Morgan fingerprint density at radius 3 is 1.65 bits per heavy atom. The predicted octanol–water partition coefficient (Wildman–Crippen LogP) is 4.87. The first kappa shape index (κ1) is 33.3. The maximum atomic E-state index is 14.5. The van der Waals surface area contributed by atoms with Crippen molar-refractivity contribution in [2.75, 3.05) is 72.2 Å². The van der Waals surface area contributed by atoms with E-state index in [1.165, 1.54) is 9.80 Å². The molecular weight excluding hydrogens is 728 g/mol. The van der Waals surface area contributed by atoms with Crippen LogP contribution in [0.2, 0.25) is 0 Å². The van der Waals surface area contributed by atoms with Gasteiger partial charge in [0, 0.05) is 53.5 Å². The number of ether oxygens (including phenoxy) is 2. The van der Waals surface area contributed by atoms with Crippen molar-refractivity contribution in [2.45, 2.75) is 18.8 Å². The molecule has 52 heavy (non-hydrogen) atoms. The van der Waals surface area contributed by atoms with E-state index in [4.69, 9.17) is 9.47 Å². The van der Waals surface area contributed by atoms with Gasteiger partial charge in [-0.25, -0.2) is 0 Å². The third kappa shape index (κ3) is 5.37. The summed E-state index contributed by atoms with van der Waals surface area (Å²) in [5, 5.41) is 11.3. The number of morpholine rings is 2. The number of halogens is 1. The number of allylic oxidation sites excluding steroid dienone is 2. The predicted molar refractivity (Wildman–Crippen MR) is 197 cm³/mol. The van der Waals surface area contributed by atoms with E-state index in [1.807, 2.05) is 54.6 Å². The summed E-state index contributed by atoms with van der Waals surface area (Å²) >= 11 is 3.55. The molecular formula is C40H39BrN4O7. The lowest BCUT2D eigenvalue weighted by molar-refractivity contribution is -0.126. The third-order valence-electron chi connectivity index (χ3n) is 11.9. The number of carbonyl (C=O) groups excluding carboxylic acids is 4. The van der Waals surface area contributed by atoms with E-state index >= 15 is 0 Å². The van der Waals surface area contributed by atoms with Gasteiger partial charge in [0.2, 0.25) is 23.6 Å². The van der Waals surface area contributed by atoms with E-state index in [9.17, 15) is 24.3 Å². The molecule has 12 heteroatoms. The van der Waals surface area contributed by atoms with Crippen LogP contribution in [-0.2, 0) is 28.7 Å². The molecule has 11 nitrogen and oxygen atoms in total. The summed E-state index contributed by atoms with van der Waals surface area (Å²) in [7, 11) is 0. The molecule has 4 heterocycles. The normalized spacial score (nSPS) is 28.9. The summed E-state index contributed by atoms with van der Waals surface area (Å²) in [6.45, 7) is 5.66. The number of benzene rings is 3. The largest absolute Gasteiger partial charge is 0.508 e. The average Bonchev–Trinajstić information content (AvgIpc) is 3.59. The number of phenolic OH excluding ortho intramolecular Hbond substituents is 1. The molecule has 3 aromatic carbocycles. The second kappa shape index (κ2) is 13.2. The van der Waals surface area contributed by atoms with Crippen molar-refractivity contribution in [2.24, 2.45) is 29.6 Å². The molecule has 1 saturated carbocycles. The van der Waals surface area contributed by atoms with Crippen LogP contribution in [0.5, 0.6) is 5.75 Å². The van der Waals surface area contributed by atoms with Gasteiger partial charge in [0.05, 0.1) is 61.5 Å². The van der Waals surface area contributed by atoms with E-state index in [-0.39, 0.29) is 35.8 Å². The Morgan fingerprint density at radius 1 is 0.596 bits per heavy atom. The lowest BCUT2D eigenvalue weighted by atomic mass is 9.57. The Balaban J connectivity index is 1.06. The summed E-state index contributed by atoms with van der Waals surface area (Å²) < 4.78 is 11.7. The number of rotatable bonds is 5. The highest BCUT2D eigenvalue weighted by Gasteiger charge is 2.62. The van der Waals surface area contributed by atoms with Crippen LogP contribution >= 0.6 is 15.9 Å². The molecule has 9 rings (SSSR count). The number of phenols is 1. The highest BCUT2D eigenvalue weighted by atomic mass is 79.9. The fraction of sp³-hybridized carbons (Fsp3) is 0.400. The van der Waals surface area contributed by atoms with Crippen molar-refractivity contribution in [1.82, 2.24) is 0 Å². The number of fused-ring (bicyclic) bond motifs is 4. The van der Waals surface area contributed by atoms with Crippen molar-refractivity contribution in [3.63, 3.8) is 0 Å². The van der Waals surface area contributed by atoms with Crippen molar-refractivity contribution >= 4 is 62.3 Å². The van der Waals surface area contributed by atoms with Crippen LogP contribution in [0.25, 0.3) is 0 Å². The molecule has 4 aliphatic heterocycles. The first-order valence-electron chi connectivity index (χ1n) is 18.1. The van der Waals surface area contributed by atoms with Crippen molar-refractivity contribution in [3.05, 3.63) is 88.4 Å². The Bertz CT molecular complexity index is 1970. The van der Waals surface area contributed by atoms with Gasteiger partial charge in [-0.05, 0) is 85.5 Å². The van der Waals surface area contributed by atoms with Crippen LogP contribution in [0.3, 0.4) is 0 Å². The second-order valence-electron chi connectivity index (χ2n) is 14.5. The number of hydrogen-bond acceptors (Lipinski definition) is 9. The Kier molecular flexibility index (Phi) is 8.43. The van der Waals surface area contributed by atoms with Crippen LogP contribution in [0.15, 0.2) is 82.9 Å². The molecule has 2 aliphatic carbocycles. The van der Waals surface area contributed by atoms with E-state index in [1.54, 1.807) is 18.2 Å². The summed E-state index contributed by atoms with van der Waals surface area (Å²) in [6.07, 6.45) is 2.60. The summed E-state index contributed by atoms with van der Waals surface area (Å²) in [5.41, 5.74) is 4.38. The maximum absolute atomic E-state index is 14.5. The van der Waals surface area contributed by atoms with Gasteiger partial charge in [0.1, 0.15) is 5.75 Å². The molecule has 0 bridgehead atoms. The maximum Gasteiger partial charge on any atom is 0.238 e. The first-order chi connectivity index (χ1) is 25.3. The zero-order chi connectivity index (χ0) is 35.7. The van der Waals surface area contributed by atoms with E-state index in [0.29, 0.717) is 49.8 Å². The lowest BCUT2D eigenvalue weighted by Crippen LogP contribution is -2.43. The summed E-state index contributed by atoms with van der Waals surface area (Å²) in [6, 6.07) is 20.1. The molecule has 4 saturated heterocycles. The van der Waals surface area contributed by atoms with Gasteiger partial charge in [0.15, 0.2) is 0 Å². The molecule has 0 radical (unpaired) electrons. The van der Waals surface area contributed by atoms with Gasteiger partial charge >= 0.3 is 0 Å². The molecule has 0 spiro atoms. The van der Waals surface area contributed by atoms with Crippen LogP contribution < -0.4 is 19.6 Å². The van der Waals surface area contributed by atoms with E-state index < -0.39 is 35.5 Å². The number of carbonyl (C=O) groups is 4. The standard InChI is InChI=1S/C40H39BrN4O7/c41-23-1-12-33(46)31(21-23)34-28-10-11-29-35(39(49)44(37(29)47)26-6-2-24(3-7-26)42-13-17-51-18-14-42)30(28)22-32-36(34)40(50)45(38(32)48)27-8-4-25(5-9-27)43-15-19-52-20-16-43/h1-10,12,21,29-30,32,34-36,46H,11,13-20,22H2/t29-,30+,32+,34+,35-,36+/m0/s1. The minimum Gasteiger partial charge on any atom is -0.508 e. The highest BCUT2D eigenvalue weighted by Crippen LogP contribution is 2.59. The quantitative estimate of drug-likeness (QED) is 0.287. The highest BCUT2D eigenvalue weighted by molar-refractivity contribution is 9.10. The molecule has 268 valence electrons. The Labute approximate surface area is 309 Å². The minimum atomic E-state index is -0.776. The average molecular weight is 768 g/mol. The number of aromatic hydroxyl groups is 1. The van der Waals surface area contributed by atoms with Gasteiger partial charge in [-0.2, -0.15) is 0 Å². The summed E-state index contributed by atoms with van der Waals surface area (Å²) in [5.74, 6) is -5.05.